The highest BCUT2D eigenvalue weighted by Crippen LogP contribution is 2.39. The Labute approximate surface area is 221 Å². The number of rotatable bonds is 6. The predicted molar refractivity (Wildman–Crippen MR) is 138 cm³/mol. The molecule has 0 radical (unpaired) electrons. The molecular weight excluding hydrogens is 553 g/mol. The lowest BCUT2D eigenvalue weighted by atomic mass is 10.2. The van der Waals surface area contributed by atoms with Crippen LogP contribution in [0.1, 0.15) is 16.7 Å². The van der Waals surface area contributed by atoms with E-state index in [1.165, 1.54) is 30.3 Å². The van der Waals surface area contributed by atoms with Crippen LogP contribution in [0.4, 0.5) is 4.79 Å². The molecule has 35 heavy (non-hydrogen) atoms. The Kier molecular flexibility index (Phi) is 7.49. The van der Waals surface area contributed by atoms with Gasteiger partial charge in [-0.25, -0.2) is 0 Å². The largest absolute Gasteiger partial charge is 0.376 e. The van der Waals surface area contributed by atoms with Crippen molar-refractivity contribution in [3.05, 3.63) is 97.3 Å². The van der Waals surface area contributed by atoms with Gasteiger partial charge in [0.2, 0.25) is 0 Å². The molecule has 1 fully saturated rings. The molecule has 1 heterocycles. The van der Waals surface area contributed by atoms with Gasteiger partial charge in [-0.3, -0.25) is 14.5 Å². The minimum absolute atomic E-state index is 0.0475. The Balaban J connectivity index is 1.55. The quantitative estimate of drug-likeness (QED) is 0.236. The third-order valence-corrected chi connectivity index (χ3v) is 7.91. The summed E-state index contributed by atoms with van der Waals surface area (Å²) in [4.78, 5) is 26.5. The van der Waals surface area contributed by atoms with Crippen molar-refractivity contribution < 1.29 is 22.2 Å². The van der Waals surface area contributed by atoms with Crippen molar-refractivity contribution >= 4 is 73.9 Å². The van der Waals surface area contributed by atoms with Crippen LogP contribution in [0, 0.1) is 6.92 Å². The molecule has 180 valence electrons. The zero-order valence-corrected chi connectivity index (χ0v) is 21.9. The fourth-order valence-electron chi connectivity index (χ4n) is 3.17. The maximum Gasteiger partial charge on any atom is 0.339 e. The molecule has 1 aliphatic heterocycles. The fourth-order valence-corrected chi connectivity index (χ4v) is 5.77. The van der Waals surface area contributed by atoms with Crippen LogP contribution < -0.4 is 4.18 Å². The summed E-state index contributed by atoms with van der Waals surface area (Å²) in [5.74, 6) is -0.702. The maximum atomic E-state index is 12.8. The summed E-state index contributed by atoms with van der Waals surface area (Å²) in [5, 5.41) is -0.00664. The van der Waals surface area contributed by atoms with Gasteiger partial charge in [0, 0.05) is 5.02 Å². The highest BCUT2D eigenvalue weighted by molar-refractivity contribution is 8.18. The molecule has 3 aromatic rings. The first-order valence-corrected chi connectivity index (χ1v) is 13.4. The van der Waals surface area contributed by atoms with Crippen molar-refractivity contribution in [2.24, 2.45) is 0 Å². The van der Waals surface area contributed by atoms with Crippen molar-refractivity contribution in [3.63, 3.8) is 0 Å². The summed E-state index contributed by atoms with van der Waals surface area (Å²) in [5.41, 5.74) is 2.04. The van der Waals surface area contributed by atoms with Crippen LogP contribution in [-0.4, -0.2) is 24.5 Å². The first kappa shape index (κ1) is 25.6. The Bertz CT molecular complexity index is 1430. The number of halogens is 3. The second-order valence-electron chi connectivity index (χ2n) is 7.56. The third-order valence-electron chi connectivity index (χ3n) is 4.95. The van der Waals surface area contributed by atoms with Gasteiger partial charge in [0.05, 0.1) is 21.5 Å². The second kappa shape index (κ2) is 10.2. The smallest absolute Gasteiger partial charge is 0.339 e. The maximum absolute atomic E-state index is 12.8. The van der Waals surface area contributed by atoms with Crippen molar-refractivity contribution in [1.82, 2.24) is 4.90 Å². The van der Waals surface area contributed by atoms with Crippen LogP contribution in [0.2, 0.25) is 15.1 Å². The van der Waals surface area contributed by atoms with Crippen molar-refractivity contribution in [1.29, 1.82) is 0 Å². The lowest BCUT2D eigenvalue weighted by Crippen LogP contribution is -2.27. The number of nitrogens with zero attached hydrogens (tertiary/aromatic N) is 1. The normalized spacial score (nSPS) is 15.2. The van der Waals surface area contributed by atoms with Crippen LogP contribution in [0.5, 0.6) is 5.75 Å². The molecular formula is C24H16Cl3NO5S2. The zero-order chi connectivity index (χ0) is 25.3. The number of carbonyl (C=O) groups excluding carboxylic acids is 2. The summed E-state index contributed by atoms with van der Waals surface area (Å²) < 4.78 is 30.4. The van der Waals surface area contributed by atoms with E-state index in [9.17, 15) is 18.0 Å². The van der Waals surface area contributed by atoms with Crippen molar-refractivity contribution in [3.8, 4) is 5.75 Å². The molecule has 11 heteroatoms. The first-order valence-electron chi connectivity index (χ1n) is 10.0. The van der Waals surface area contributed by atoms with Gasteiger partial charge in [0.25, 0.3) is 11.1 Å². The third kappa shape index (κ3) is 5.85. The SMILES string of the molecule is Cc1ccc(S(=O)(=O)Oc2c(Cl)cc(/C=C3\SC(=O)N(Cc4ccc(Cl)cc4)C3=O)cc2Cl)cc1. The summed E-state index contributed by atoms with van der Waals surface area (Å²) in [6.07, 6.45) is 1.46. The minimum atomic E-state index is -4.17. The first-order chi connectivity index (χ1) is 16.5. The summed E-state index contributed by atoms with van der Waals surface area (Å²) in [6, 6.07) is 15.8. The molecule has 4 rings (SSSR count). The average Bonchev–Trinajstić information content (AvgIpc) is 3.05. The van der Waals surface area contributed by atoms with Gasteiger partial charge in [-0.15, -0.1) is 0 Å². The number of benzene rings is 3. The van der Waals surface area contributed by atoms with Crippen LogP contribution in [-0.2, 0) is 21.5 Å². The van der Waals surface area contributed by atoms with Crippen LogP contribution in [0.3, 0.4) is 0 Å². The van der Waals surface area contributed by atoms with E-state index in [1.54, 1.807) is 36.4 Å². The van der Waals surface area contributed by atoms with Gasteiger partial charge in [0.15, 0.2) is 5.75 Å². The number of aryl methyl sites for hydroxylation is 1. The highest BCUT2D eigenvalue weighted by Gasteiger charge is 2.35. The Hall–Kier alpha value is -2.49. The zero-order valence-electron chi connectivity index (χ0n) is 18.0. The monoisotopic (exact) mass is 567 g/mol. The number of imide groups is 1. The molecule has 1 saturated heterocycles. The molecule has 2 amide bonds. The molecule has 0 aromatic heterocycles. The van der Waals surface area contributed by atoms with E-state index in [0.29, 0.717) is 10.6 Å². The standard InChI is InChI=1S/C24H16Cl3NO5S2/c1-14-2-8-18(9-3-14)35(31,32)33-22-19(26)10-16(11-20(22)27)12-21-23(29)28(24(30)34-21)13-15-4-6-17(25)7-5-15/h2-12H,13H2,1H3/b21-12-. The summed E-state index contributed by atoms with van der Waals surface area (Å²) in [6.45, 7) is 1.93. The number of hydrogen-bond acceptors (Lipinski definition) is 6. The van der Waals surface area contributed by atoms with Gasteiger partial charge in [-0.1, -0.05) is 64.6 Å². The Morgan fingerprint density at radius 2 is 1.54 bits per heavy atom. The molecule has 0 aliphatic carbocycles. The van der Waals surface area contributed by atoms with Gasteiger partial charge < -0.3 is 4.18 Å². The van der Waals surface area contributed by atoms with Crippen LogP contribution >= 0.6 is 46.6 Å². The van der Waals surface area contributed by atoms with Crippen LogP contribution in [0.25, 0.3) is 6.08 Å². The van der Waals surface area contributed by atoms with E-state index in [0.717, 1.165) is 27.8 Å². The van der Waals surface area contributed by atoms with E-state index in [2.05, 4.69) is 0 Å². The molecule has 0 N–H and O–H groups in total. The number of carbonyl (C=O) groups is 2. The van der Waals surface area contributed by atoms with Crippen molar-refractivity contribution in [2.75, 3.05) is 0 Å². The molecule has 1 aliphatic rings. The van der Waals surface area contributed by atoms with Gasteiger partial charge in [-0.05, 0) is 72.3 Å². The van der Waals surface area contributed by atoms with Crippen LogP contribution in [0.15, 0.2) is 70.5 Å². The average molecular weight is 569 g/mol. The summed E-state index contributed by atoms with van der Waals surface area (Å²) in [7, 11) is -4.17. The Morgan fingerprint density at radius 1 is 0.943 bits per heavy atom. The number of amides is 2. The van der Waals surface area contributed by atoms with E-state index in [-0.39, 0.29) is 32.1 Å². The van der Waals surface area contributed by atoms with E-state index in [4.69, 9.17) is 39.0 Å². The Morgan fingerprint density at radius 3 is 2.14 bits per heavy atom. The molecule has 0 atom stereocenters. The predicted octanol–water partition coefficient (Wildman–Crippen LogP) is 6.96. The van der Waals surface area contributed by atoms with E-state index in [1.807, 2.05) is 6.92 Å². The van der Waals surface area contributed by atoms with Gasteiger partial charge in [-0.2, -0.15) is 8.42 Å². The van der Waals surface area contributed by atoms with Gasteiger partial charge >= 0.3 is 10.1 Å². The van der Waals surface area contributed by atoms with E-state index >= 15 is 0 Å². The molecule has 0 unspecified atom stereocenters. The molecule has 3 aromatic carbocycles. The van der Waals surface area contributed by atoms with Crippen molar-refractivity contribution in [2.45, 2.75) is 18.4 Å². The minimum Gasteiger partial charge on any atom is -0.376 e. The molecule has 6 nitrogen and oxygen atoms in total. The lowest BCUT2D eigenvalue weighted by Gasteiger charge is -2.12. The molecule has 0 saturated carbocycles. The number of thioether (sulfide) groups is 1. The topological polar surface area (TPSA) is 80.8 Å². The second-order valence-corrected chi connectivity index (χ2v) is 11.3. The van der Waals surface area contributed by atoms with E-state index < -0.39 is 21.3 Å². The molecule has 0 bridgehead atoms. The summed E-state index contributed by atoms with van der Waals surface area (Å²) >= 11 is 19.2. The van der Waals surface area contributed by atoms with Gasteiger partial charge in [0.1, 0.15) is 4.90 Å². The lowest BCUT2D eigenvalue weighted by molar-refractivity contribution is -0.123. The fraction of sp³-hybridized carbons (Fsp3) is 0.0833. The highest BCUT2D eigenvalue weighted by atomic mass is 35.5. The number of hydrogen-bond donors (Lipinski definition) is 0. The molecule has 0 spiro atoms.